The van der Waals surface area contributed by atoms with Crippen molar-refractivity contribution in [2.24, 2.45) is 0 Å². The van der Waals surface area contributed by atoms with Crippen LogP contribution in [0.4, 0.5) is 5.69 Å². The molecule has 1 aliphatic heterocycles. The Morgan fingerprint density at radius 1 is 1.24 bits per heavy atom. The molecule has 0 amide bonds. The molecule has 128 valence electrons. The standard InChI is InChI=1S/C21H22N2O2/c1-16(24)13-20-7-4-12-23(20)19-8-10-21(11-9-19)25-15-18-6-3-2-5-17(18)14-22/h2-3,5-6,8-11,20,24H,1,4,7,12-13,15H2. The van der Waals surface area contributed by atoms with E-state index in [2.05, 4.69) is 17.5 Å². The zero-order valence-electron chi connectivity index (χ0n) is 14.2. The highest BCUT2D eigenvalue weighted by atomic mass is 16.5. The second-order valence-electron chi connectivity index (χ2n) is 6.31. The number of nitrogens with zero attached hydrogens (tertiary/aromatic N) is 2. The van der Waals surface area contributed by atoms with Gasteiger partial charge in [-0.2, -0.15) is 5.26 Å². The van der Waals surface area contributed by atoms with Gasteiger partial charge in [-0.15, -0.1) is 0 Å². The molecule has 2 aromatic rings. The highest BCUT2D eigenvalue weighted by molar-refractivity contribution is 5.51. The minimum atomic E-state index is 0.244. The number of benzene rings is 2. The van der Waals surface area contributed by atoms with Gasteiger partial charge in [0.15, 0.2) is 0 Å². The van der Waals surface area contributed by atoms with E-state index in [9.17, 15) is 5.11 Å². The fourth-order valence-electron chi connectivity index (χ4n) is 3.31. The van der Waals surface area contributed by atoms with Crippen molar-refractivity contribution in [3.05, 3.63) is 72.0 Å². The van der Waals surface area contributed by atoms with Gasteiger partial charge in [0.05, 0.1) is 17.4 Å². The Balaban J connectivity index is 1.64. The third-order valence-electron chi connectivity index (χ3n) is 4.55. The van der Waals surface area contributed by atoms with Crippen molar-refractivity contribution in [1.29, 1.82) is 5.26 Å². The quantitative estimate of drug-likeness (QED) is 0.786. The average Bonchev–Trinajstić information content (AvgIpc) is 3.08. The second kappa shape index (κ2) is 7.76. The number of nitriles is 1. The normalized spacial score (nSPS) is 16.4. The topological polar surface area (TPSA) is 56.5 Å². The van der Waals surface area contributed by atoms with Crippen molar-refractivity contribution < 1.29 is 9.84 Å². The average molecular weight is 334 g/mol. The molecule has 2 aromatic carbocycles. The van der Waals surface area contributed by atoms with Gasteiger partial charge in [0, 0.05) is 30.3 Å². The molecule has 0 bridgehead atoms. The lowest BCUT2D eigenvalue weighted by atomic mass is 10.1. The molecule has 1 heterocycles. The number of rotatable bonds is 6. The first-order chi connectivity index (χ1) is 12.2. The highest BCUT2D eigenvalue weighted by Gasteiger charge is 2.25. The summed E-state index contributed by atoms with van der Waals surface area (Å²) < 4.78 is 5.82. The Bertz CT molecular complexity index is 777. The van der Waals surface area contributed by atoms with Crippen LogP contribution in [0.25, 0.3) is 0 Å². The molecular weight excluding hydrogens is 312 g/mol. The molecule has 0 spiro atoms. The van der Waals surface area contributed by atoms with Gasteiger partial charge < -0.3 is 14.7 Å². The van der Waals surface area contributed by atoms with Crippen molar-refractivity contribution in [3.63, 3.8) is 0 Å². The number of aliphatic hydroxyl groups is 1. The molecule has 4 nitrogen and oxygen atoms in total. The predicted octanol–water partition coefficient (Wildman–Crippen LogP) is 4.57. The number of hydrogen-bond donors (Lipinski definition) is 1. The Kier molecular flexibility index (Phi) is 5.25. The van der Waals surface area contributed by atoms with Crippen molar-refractivity contribution in [2.75, 3.05) is 11.4 Å². The summed E-state index contributed by atoms with van der Waals surface area (Å²) in [5.41, 5.74) is 2.66. The summed E-state index contributed by atoms with van der Waals surface area (Å²) in [6.07, 6.45) is 2.81. The number of hydrogen-bond acceptors (Lipinski definition) is 4. The van der Waals surface area contributed by atoms with Crippen LogP contribution in [0.3, 0.4) is 0 Å². The van der Waals surface area contributed by atoms with Gasteiger partial charge in [-0.25, -0.2) is 0 Å². The van der Waals surface area contributed by atoms with Crippen LogP contribution >= 0.6 is 0 Å². The van der Waals surface area contributed by atoms with Gasteiger partial charge in [-0.3, -0.25) is 0 Å². The molecular formula is C21H22N2O2. The smallest absolute Gasteiger partial charge is 0.119 e. The van der Waals surface area contributed by atoms with E-state index in [1.165, 1.54) is 0 Å². The van der Waals surface area contributed by atoms with Crippen LogP contribution in [-0.4, -0.2) is 17.7 Å². The lowest BCUT2D eigenvalue weighted by Crippen LogP contribution is -2.29. The summed E-state index contributed by atoms with van der Waals surface area (Å²) in [6.45, 7) is 4.98. The first-order valence-electron chi connectivity index (χ1n) is 8.51. The lowest BCUT2D eigenvalue weighted by Gasteiger charge is -2.26. The first-order valence-corrected chi connectivity index (χ1v) is 8.51. The van der Waals surface area contributed by atoms with Crippen molar-refractivity contribution in [1.82, 2.24) is 0 Å². The van der Waals surface area contributed by atoms with Gasteiger partial charge in [-0.1, -0.05) is 24.8 Å². The van der Waals surface area contributed by atoms with Crippen LogP contribution in [0, 0.1) is 11.3 Å². The fraction of sp³-hybridized carbons (Fsp3) is 0.286. The Morgan fingerprint density at radius 3 is 2.72 bits per heavy atom. The van der Waals surface area contributed by atoms with Gasteiger partial charge in [0.25, 0.3) is 0 Å². The monoisotopic (exact) mass is 334 g/mol. The van der Waals surface area contributed by atoms with Gasteiger partial charge in [0.1, 0.15) is 12.4 Å². The van der Waals surface area contributed by atoms with Crippen molar-refractivity contribution in [3.8, 4) is 11.8 Å². The summed E-state index contributed by atoms with van der Waals surface area (Å²) in [6, 6.07) is 18.0. The van der Waals surface area contributed by atoms with Gasteiger partial charge in [0.2, 0.25) is 0 Å². The van der Waals surface area contributed by atoms with E-state index < -0.39 is 0 Å². The zero-order chi connectivity index (χ0) is 17.6. The molecule has 0 saturated carbocycles. The number of anilines is 1. The first kappa shape index (κ1) is 16.9. The maximum atomic E-state index is 9.48. The van der Waals surface area contributed by atoms with Crippen LogP contribution in [-0.2, 0) is 6.61 Å². The van der Waals surface area contributed by atoms with Crippen LogP contribution in [0.5, 0.6) is 5.75 Å². The molecule has 0 aliphatic carbocycles. The predicted molar refractivity (Wildman–Crippen MR) is 98.7 cm³/mol. The summed E-state index contributed by atoms with van der Waals surface area (Å²) in [4.78, 5) is 2.32. The largest absolute Gasteiger partial charge is 0.513 e. The number of aliphatic hydroxyl groups excluding tert-OH is 1. The van der Waals surface area contributed by atoms with E-state index in [1.54, 1.807) is 6.07 Å². The third-order valence-corrected chi connectivity index (χ3v) is 4.55. The Morgan fingerprint density at radius 2 is 2.00 bits per heavy atom. The van der Waals surface area contributed by atoms with Crippen LogP contribution in [0.1, 0.15) is 30.4 Å². The highest BCUT2D eigenvalue weighted by Crippen LogP contribution is 2.30. The van der Waals surface area contributed by atoms with Crippen LogP contribution in [0.2, 0.25) is 0 Å². The summed E-state index contributed by atoms with van der Waals surface area (Å²) >= 11 is 0. The fourth-order valence-corrected chi connectivity index (χ4v) is 3.31. The second-order valence-corrected chi connectivity index (χ2v) is 6.31. The molecule has 1 fully saturated rings. The maximum Gasteiger partial charge on any atom is 0.119 e. The van der Waals surface area contributed by atoms with E-state index in [-0.39, 0.29) is 5.76 Å². The van der Waals surface area contributed by atoms with E-state index in [1.807, 2.05) is 42.5 Å². The SMILES string of the molecule is C=C(O)CC1CCCN1c1ccc(OCc2ccccc2C#N)cc1. The third kappa shape index (κ3) is 4.13. The number of ether oxygens (including phenoxy) is 1. The van der Waals surface area contributed by atoms with Crippen molar-refractivity contribution >= 4 is 5.69 Å². The molecule has 1 saturated heterocycles. The van der Waals surface area contributed by atoms with Crippen LogP contribution in [0.15, 0.2) is 60.9 Å². The zero-order valence-corrected chi connectivity index (χ0v) is 14.2. The molecule has 1 aliphatic rings. The van der Waals surface area contributed by atoms with Gasteiger partial charge in [-0.05, 0) is 43.2 Å². The summed E-state index contributed by atoms with van der Waals surface area (Å²) in [5, 5.41) is 18.6. The van der Waals surface area contributed by atoms with E-state index >= 15 is 0 Å². The van der Waals surface area contributed by atoms with Crippen molar-refractivity contribution in [2.45, 2.75) is 31.9 Å². The van der Waals surface area contributed by atoms with E-state index in [0.717, 1.165) is 36.4 Å². The summed E-state index contributed by atoms with van der Waals surface area (Å²) in [5.74, 6) is 1.02. The Labute approximate surface area is 148 Å². The lowest BCUT2D eigenvalue weighted by molar-refractivity contribution is 0.306. The Hall–Kier alpha value is -2.93. The molecule has 1 unspecified atom stereocenters. The van der Waals surface area contributed by atoms with Crippen LogP contribution < -0.4 is 9.64 Å². The molecule has 0 radical (unpaired) electrons. The molecule has 3 rings (SSSR count). The molecule has 1 N–H and O–H groups in total. The molecule has 1 atom stereocenters. The van der Waals surface area contributed by atoms with E-state index in [4.69, 9.17) is 10.00 Å². The maximum absolute atomic E-state index is 9.48. The minimum Gasteiger partial charge on any atom is -0.513 e. The molecule has 25 heavy (non-hydrogen) atoms. The summed E-state index contributed by atoms with van der Waals surface area (Å²) in [7, 11) is 0. The molecule has 0 aromatic heterocycles. The molecule has 4 heteroatoms. The van der Waals surface area contributed by atoms with E-state index in [0.29, 0.717) is 24.6 Å². The van der Waals surface area contributed by atoms with Gasteiger partial charge >= 0.3 is 0 Å². The minimum absolute atomic E-state index is 0.244.